The molecule has 0 heterocycles. The van der Waals surface area contributed by atoms with E-state index in [1.807, 2.05) is 0 Å². The molecule has 0 saturated carbocycles. The van der Waals surface area contributed by atoms with Gasteiger partial charge in [-0.1, -0.05) is 18.2 Å². The van der Waals surface area contributed by atoms with Crippen molar-refractivity contribution in [3.63, 3.8) is 0 Å². The van der Waals surface area contributed by atoms with Gasteiger partial charge in [-0.2, -0.15) is 5.10 Å². The summed E-state index contributed by atoms with van der Waals surface area (Å²) >= 11 is 0. The summed E-state index contributed by atoms with van der Waals surface area (Å²) in [4.78, 5) is 36.2. The summed E-state index contributed by atoms with van der Waals surface area (Å²) in [5.41, 5.74) is 2.83. The first-order chi connectivity index (χ1) is 12.5. The smallest absolute Gasteiger partial charge is 0.354 e. The minimum atomic E-state index is -0.791. The number of rotatable bonds is 7. The second kappa shape index (κ2) is 9.12. The van der Waals surface area contributed by atoms with Gasteiger partial charge in [-0.05, 0) is 36.4 Å². The van der Waals surface area contributed by atoms with Gasteiger partial charge in [0.1, 0.15) is 5.75 Å². The number of esters is 1. The van der Waals surface area contributed by atoms with Crippen LogP contribution in [-0.2, 0) is 9.53 Å². The lowest BCUT2D eigenvalue weighted by molar-refractivity contribution is -0.132. The molecule has 0 aliphatic heterocycles. The van der Waals surface area contributed by atoms with Crippen molar-refractivity contribution in [1.82, 2.24) is 5.43 Å². The fourth-order valence-corrected chi connectivity index (χ4v) is 2.08. The molecule has 0 bridgehead atoms. The lowest BCUT2D eigenvalue weighted by atomic mass is 10.1. The number of ether oxygens (including phenoxy) is 2. The first-order valence-electron chi connectivity index (χ1n) is 7.72. The van der Waals surface area contributed by atoms with Gasteiger partial charge in [0.15, 0.2) is 11.5 Å². The first kappa shape index (κ1) is 18.9. The van der Waals surface area contributed by atoms with E-state index < -0.39 is 11.9 Å². The van der Waals surface area contributed by atoms with Crippen molar-refractivity contribution in [2.75, 3.05) is 14.2 Å². The summed E-state index contributed by atoms with van der Waals surface area (Å²) in [6.45, 7) is 0. The predicted molar refractivity (Wildman–Crippen MR) is 95.3 cm³/mol. The number of carbonyl (C=O) groups excluding carboxylic acids is 3. The van der Waals surface area contributed by atoms with Crippen LogP contribution in [0.1, 0.15) is 27.1 Å². The zero-order valence-electron chi connectivity index (χ0n) is 14.4. The van der Waals surface area contributed by atoms with Crippen LogP contribution in [-0.4, -0.2) is 37.6 Å². The standard InChI is InChI=1S/C19H18N2O5/c1-25-15-10-8-13(9-11-15)17(22)12-16(19(24)26-2)20-21-18(23)14-6-4-3-5-7-14/h3-11H,12H2,1-2H3,(H,21,23)/b20-16-. The highest BCUT2D eigenvalue weighted by molar-refractivity contribution is 6.40. The number of Topliss-reactive ketones (excluding diaryl/α,β-unsaturated/α-hetero) is 1. The second-order valence-electron chi connectivity index (χ2n) is 5.19. The van der Waals surface area contributed by atoms with Crippen molar-refractivity contribution in [3.8, 4) is 5.75 Å². The van der Waals surface area contributed by atoms with Crippen molar-refractivity contribution in [1.29, 1.82) is 0 Å². The molecule has 0 unspecified atom stereocenters. The van der Waals surface area contributed by atoms with Gasteiger partial charge in [0, 0.05) is 11.1 Å². The fraction of sp³-hybridized carbons (Fsp3) is 0.158. The molecule has 2 aromatic carbocycles. The monoisotopic (exact) mass is 354 g/mol. The average molecular weight is 354 g/mol. The maximum atomic E-state index is 12.3. The molecule has 0 aliphatic carbocycles. The third-order valence-electron chi connectivity index (χ3n) is 3.49. The van der Waals surface area contributed by atoms with Gasteiger partial charge in [-0.3, -0.25) is 9.59 Å². The number of hydrazone groups is 1. The van der Waals surface area contributed by atoms with E-state index in [1.165, 1.54) is 14.2 Å². The van der Waals surface area contributed by atoms with Crippen molar-refractivity contribution in [2.45, 2.75) is 6.42 Å². The van der Waals surface area contributed by atoms with E-state index in [1.54, 1.807) is 54.6 Å². The van der Waals surface area contributed by atoms with Crippen LogP contribution >= 0.6 is 0 Å². The molecular weight excluding hydrogens is 336 g/mol. The number of hydrogen-bond donors (Lipinski definition) is 1. The van der Waals surface area contributed by atoms with Crippen molar-refractivity contribution < 1.29 is 23.9 Å². The maximum Gasteiger partial charge on any atom is 0.354 e. The van der Waals surface area contributed by atoms with Crippen molar-refractivity contribution in [3.05, 3.63) is 65.7 Å². The summed E-state index contributed by atoms with van der Waals surface area (Å²) in [5.74, 6) is -1.02. The van der Waals surface area contributed by atoms with Crippen LogP contribution in [0.4, 0.5) is 0 Å². The largest absolute Gasteiger partial charge is 0.497 e. The second-order valence-corrected chi connectivity index (χ2v) is 5.19. The Balaban J connectivity index is 2.12. The predicted octanol–water partition coefficient (Wildman–Crippen LogP) is 2.23. The van der Waals surface area contributed by atoms with Gasteiger partial charge in [0.25, 0.3) is 5.91 Å². The third kappa shape index (κ3) is 5.01. The molecule has 2 aromatic rings. The lowest BCUT2D eigenvalue weighted by Crippen LogP contribution is -2.26. The molecule has 7 heteroatoms. The van der Waals surface area contributed by atoms with Gasteiger partial charge in [0.2, 0.25) is 0 Å². The topological polar surface area (TPSA) is 94.1 Å². The van der Waals surface area contributed by atoms with Crippen LogP contribution in [0.15, 0.2) is 59.7 Å². The van der Waals surface area contributed by atoms with E-state index in [0.29, 0.717) is 16.9 Å². The highest BCUT2D eigenvalue weighted by Crippen LogP contribution is 2.13. The molecule has 0 fully saturated rings. The Morgan fingerprint density at radius 1 is 0.923 bits per heavy atom. The van der Waals surface area contributed by atoms with Crippen molar-refractivity contribution in [2.24, 2.45) is 5.10 Å². The molecule has 0 aliphatic rings. The van der Waals surface area contributed by atoms with Gasteiger partial charge in [0.05, 0.1) is 20.6 Å². The number of hydrogen-bond acceptors (Lipinski definition) is 6. The summed E-state index contributed by atoms with van der Waals surface area (Å²) < 4.78 is 9.67. The number of carbonyl (C=O) groups is 3. The molecule has 0 spiro atoms. The Kier molecular flexibility index (Phi) is 6.61. The van der Waals surface area contributed by atoms with Gasteiger partial charge in [-0.25, -0.2) is 10.2 Å². The average Bonchev–Trinajstić information content (AvgIpc) is 2.70. The van der Waals surface area contributed by atoms with Gasteiger partial charge in [-0.15, -0.1) is 0 Å². The molecule has 0 aromatic heterocycles. The number of methoxy groups -OCH3 is 2. The van der Waals surface area contributed by atoms with Crippen molar-refractivity contribution >= 4 is 23.4 Å². The Hall–Kier alpha value is -3.48. The minimum absolute atomic E-state index is 0.197. The Bertz CT molecular complexity index is 814. The van der Waals surface area contributed by atoms with E-state index in [4.69, 9.17) is 4.74 Å². The lowest BCUT2D eigenvalue weighted by Gasteiger charge is -2.06. The van der Waals surface area contributed by atoms with Crippen LogP contribution < -0.4 is 10.2 Å². The summed E-state index contributed by atoms with van der Waals surface area (Å²) in [6, 6.07) is 14.8. The highest BCUT2D eigenvalue weighted by Gasteiger charge is 2.19. The third-order valence-corrected chi connectivity index (χ3v) is 3.49. The zero-order valence-corrected chi connectivity index (χ0v) is 14.4. The van der Waals surface area contributed by atoms with E-state index in [9.17, 15) is 14.4 Å². The molecule has 134 valence electrons. The number of nitrogens with zero attached hydrogens (tertiary/aromatic N) is 1. The van der Waals surface area contributed by atoms with Gasteiger partial charge >= 0.3 is 5.97 Å². The fourth-order valence-electron chi connectivity index (χ4n) is 2.08. The Labute approximate surface area is 150 Å². The zero-order chi connectivity index (χ0) is 18.9. The number of benzene rings is 2. The van der Waals surface area contributed by atoms with E-state index in [2.05, 4.69) is 15.3 Å². The normalized spacial score (nSPS) is 10.8. The molecule has 2 rings (SSSR count). The number of nitrogens with one attached hydrogen (secondary N) is 1. The molecule has 1 N–H and O–H groups in total. The summed E-state index contributed by atoms with van der Waals surface area (Å²) in [5, 5.41) is 3.77. The molecule has 0 saturated heterocycles. The van der Waals surface area contributed by atoms with Crippen LogP contribution in [0.25, 0.3) is 0 Å². The SMILES string of the molecule is COC(=O)/C(CC(=O)c1ccc(OC)cc1)=N\NC(=O)c1ccccc1. The summed E-state index contributed by atoms with van der Waals surface area (Å²) in [7, 11) is 2.70. The quantitative estimate of drug-likeness (QED) is 0.356. The molecule has 26 heavy (non-hydrogen) atoms. The molecule has 7 nitrogen and oxygen atoms in total. The Morgan fingerprint density at radius 2 is 1.58 bits per heavy atom. The minimum Gasteiger partial charge on any atom is -0.497 e. The van der Waals surface area contributed by atoms with Crippen LogP contribution in [0.5, 0.6) is 5.75 Å². The number of ketones is 1. The maximum absolute atomic E-state index is 12.3. The van der Waals surface area contributed by atoms with E-state index in [0.717, 1.165) is 0 Å². The van der Waals surface area contributed by atoms with E-state index in [-0.39, 0.29) is 17.9 Å². The molecule has 0 radical (unpaired) electrons. The number of amides is 1. The van der Waals surface area contributed by atoms with Gasteiger partial charge < -0.3 is 9.47 Å². The highest BCUT2D eigenvalue weighted by atomic mass is 16.5. The van der Waals surface area contributed by atoms with Crippen LogP contribution in [0.2, 0.25) is 0 Å². The van der Waals surface area contributed by atoms with Crippen LogP contribution in [0, 0.1) is 0 Å². The first-order valence-corrected chi connectivity index (χ1v) is 7.72. The molecule has 0 atom stereocenters. The van der Waals surface area contributed by atoms with Crippen LogP contribution in [0.3, 0.4) is 0 Å². The Morgan fingerprint density at radius 3 is 2.15 bits per heavy atom. The molecule has 1 amide bonds. The molecular formula is C19H18N2O5. The summed E-state index contributed by atoms with van der Waals surface area (Å²) in [6.07, 6.45) is -0.311. The van der Waals surface area contributed by atoms with E-state index >= 15 is 0 Å².